The Hall–Kier alpha value is -0.380. The third-order valence-electron chi connectivity index (χ3n) is 3.65. The summed E-state index contributed by atoms with van der Waals surface area (Å²) in [6, 6.07) is 8.98. The van der Waals surface area contributed by atoms with Crippen LogP contribution in [0.5, 0.6) is 0 Å². The number of hydrogen-bond donors (Lipinski definition) is 1. The lowest BCUT2D eigenvalue weighted by molar-refractivity contribution is 0.328. The van der Waals surface area contributed by atoms with Gasteiger partial charge >= 0.3 is 0 Å². The maximum Gasteiger partial charge on any atom is 0.0292 e. The Bertz CT molecular complexity index is 361. The van der Waals surface area contributed by atoms with Crippen molar-refractivity contribution in [2.45, 2.75) is 32.2 Å². The zero-order chi connectivity index (χ0) is 12.8. The maximum absolute atomic E-state index is 3.60. The first-order valence-corrected chi connectivity index (χ1v) is 7.76. The van der Waals surface area contributed by atoms with Crippen molar-refractivity contribution in [3.05, 3.63) is 34.3 Å². The molecule has 1 heterocycles. The zero-order valence-electron chi connectivity index (χ0n) is 11.2. The van der Waals surface area contributed by atoms with E-state index in [4.69, 9.17) is 0 Å². The van der Waals surface area contributed by atoms with Gasteiger partial charge in [-0.25, -0.2) is 0 Å². The van der Waals surface area contributed by atoms with Crippen LogP contribution in [0.1, 0.15) is 37.8 Å². The average Bonchev–Trinajstić information content (AvgIpc) is 2.87. The van der Waals surface area contributed by atoms with Gasteiger partial charge in [0.05, 0.1) is 0 Å². The van der Waals surface area contributed by atoms with Crippen molar-refractivity contribution in [3.63, 3.8) is 0 Å². The van der Waals surface area contributed by atoms with E-state index in [2.05, 4.69) is 57.3 Å². The zero-order valence-corrected chi connectivity index (χ0v) is 12.7. The minimum Gasteiger partial charge on any atom is -0.310 e. The second-order valence-corrected chi connectivity index (χ2v) is 6.05. The lowest BCUT2D eigenvalue weighted by Crippen LogP contribution is -2.26. The number of nitrogens with one attached hydrogen (secondary N) is 1. The molecule has 1 aliphatic rings. The molecule has 100 valence electrons. The van der Waals surface area contributed by atoms with Crippen molar-refractivity contribution in [1.29, 1.82) is 0 Å². The SMILES string of the molecule is CC(NCCCN1CCCC1)c1cccc(Br)c1. The van der Waals surface area contributed by atoms with Crippen LogP contribution in [0, 0.1) is 0 Å². The standard InChI is InChI=1S/C15H23BrN2/c1-13(14-6-4-7-15(16)12-14)17-8-5-11-18-9-2-3-10-18/h4,6-7,12-13,17H,2-3,5,8-11H2,1H3. The minimum absolute atomic E-state index is 0.432. The molecule has 1 atom stereocenters. The number of benzene rings is 1. The van der Waals surface area contributed by atoms with Gasteiger partial charge in [-0.15, -0.1) is 0 Å². The summed E-state index contributed by atoms with van der Waals surface area (Å²) in [6.07, 6.45) is 4.03. The van der Waals surface area contributed by atoms with Crippen molar-refractivity contribution in [2.24, 2.45) is 0 Å². The van der Waals surface area contributed by atoms with Gasteiger partial charge in [0.15, 0.2) is 0 Å². The van der Waals surface area contributed by atoms with Crippen LogP contribution in [0.2, 0.25) is 0 Å². The van der Waals surface area contributed by atoms with Crippen LogP contribution >= 0.6 is 15.9 Å². The predicted octanol–water partition coefficient (Wildman–Crippen LogP) is 3.59. The van der Waals surface area contributed by atoms with Crippen LogP contribution in [-0.4, -0.2) is 31.1 Å². The highest BCUT2D eigenvalue weighted by Crippen LogP contribution is 2.17. The number of rotatable bonds is 6. The van der Waals surface area contributed by atoms with Gasteiger partial charge in [-0.2, -0.15) is 0 Å². The molecular weight excluding hydrogens is 288 g/mol. The fourth-order valence-electron chi connectivity index (χ4n) is 2.52. The Kier molecular flexibility index (Phi) is 5.67. The first-order chi connectivity index (χ1) is 8.75. The van der Waals surface area contributed by atoms with Crippen LogP contribution in [0.4, 0.5) is 0 Å². The Morgan fingerprint density at radius 1 is 1.33 bits per heavy atom. The average molecular weight is 311 g/mol. The molecule has 1 fully saturated rings. The summed E-state index contributed by atoms with van der Waals surface area (Å²) in [6.45, 7) is 7.20. The first-order valence-electron chi connectivity index (χ1n) is 6.97. The van der Waals surface area contributed by atoms with Crippen LogP contribution in [0.3, 0.4) is 0 Å². The molecule has 0 aliphatic carbocycles. The van der Waals surface area contributed by atoms with Gasteiger partial charge in [0.2, 0.25) is 0 Å². The summed E-state index contributed by atoms with van der Waals surface area (Å²) >= 11 is 3.52. The van der Waals surface area contributed by atoms with Crippen LogP contribution in [-0.2, 0) is 0 Å². The normalized spacial score (nSPS) is 18.1. The molecule has 2 rings (SSSR count). The number of likely N-dealkylation sites (tertiary alicyclic amines) is 1. The van der Waals surface area contributed by atoms with Crippen molar-refractivity contribution < 1.29 is 0 Å². The maximum atomic E-state index is 3.60. The topological polar surface area (TPSA) is 15.3 Å². The summed E-state index contributed by atoms with van der Waals surface area (Å²) in [7, 11) is 0. The molecular formula is C15H23BrN2. The van der Waals surface area contributed by atoms with Gasteiger partial charge in [0.1, 0.15) is 0 Å². The fraction of sp³-hybridized carbons (Fsp3) is 0.600. The Morgan fingerprint density at radius 3 is 2.83 bits per heavy atom. The van der Waals surface area contributed by atoms with E-state index in [9.17, 15) is 0 Å². The number of nitrogens with zero attached hydrogens (tertiary/aromatic N) is 1. The van der Waals surface area contributed by atoms with E-state index < -0.39 is 0 Å². The van der Waals surface area contributed by atoms with E-state index in [1.54, 1.807) is 0 Å². The van der Waals surface area contributed by atoms with Gasteiger partial charge < -0.3 is 10.2 Å². The highest BCUT2D eigenvalue weighted by Gasteiger charge is 2.10. The monoisotopic (exact) mass is 310 g/mol. The molecule has 0 saturated carbocycles. The van der Waals surface area contributed by atoms with Gasteiger partial charge in [0, 0.05) is 10.5 Å². The summed E-state index contributed by atoms with van der Waals surface area (Å²) in [5.74, 6) is 0. The second kappa shape index (κ2) is 7.27. The Labute approximate surface area is 119 Å². The molecule has 1 saturated heterocycles. The molecule has 2 nitrogen and oxygen atoms in total. The van der Waals surface area contributed by atoms with Gasteiger partial charge in [-0.1, -0.05) is 28.1 Å². The Balaban J connectivity index is 1.66. The highest BCUT2D eigenvalue weighted by atomic mass is 79.9. The van der Waals surface area contributed by atoms with Crippen LogP contribution in [0.15, 0.2) is 28.7 Å². The minimum atomic E-state index is 0.432. The third kappa shape index (κ3) is 4.38. The lowest BCUT2D eigenvalue weighted by atomic mass is 10.1. The van der Waals surface area contributed by atoms with Crippen molar-refractivity contribution >= 4 is 15.9 Å². The summed E-state index contributed by atoms with van der Waals surface area (Å²) < 4.78 is 1.16. The molecule has 1 unspecified atom stereocenters. The van der Waals surface area contributed by atoms with E-state index in [-0.39, 0.29) is 0 Å². The molecule has 18 heavy (non-hydrogen) atoms. The molecule has 1 N–H and O–H groups in total. The molecule has 0 aromatic heterocycles. The largest absolute Gasteiger partial charge is 0.310 e. The molecule has 1 aromatic carbocycles. The van der Waals surface area contributed by atoms with Gasteiger partial charge in [-0.3, -0.25) is 0 Å². The Morgan fingerprint density at radius 2 is 2.11 bits per heavy atom. The molecule has 1 aliphatic heterocycles. The molecule has 0 bridgehead atoms. The van der Waals surface area contributed by atoms with E-state index in [0.717, 1.165) is 11.0 Å². The van der Waals surface area contributed by atoms with Gasteiger partial charge in [0.25, 0.3) is 0 Å². The quantitative estimate of drug-likeness (QED) is 0.808. The summed E-state index contributed by atoms with van der Waals surface area (Å²) in [5.41, 5.74) is 1.35. The van der Waals surface area contributed by atoms with Crippen LogP contribution in [0.25, 0.3) is 0 Å². The van der Waals surface area contributed by atoms with E-state index in [0.29, 0.717) is 6.04 Å². The smallest absolute Gasteiger partial charge is 0.0292 e. The molecule has 0 spiro atoms. The first kappa shape index (κ1) is 14.0. The molecule has 1 aromatic rings. The van der Waals surface area contributed by atoms with E-state index >= 15 is 0 Å². The van der Waals surface area contributed by atoms with Crippen LogP contribution < -0.4 is 5.32 Å². The summed E-state index contributed by atoms with van der Waals surface area (Å²) in [5, 5.41) is 3.60. The fourth-order valence-corrected chi connectivity index (χ4v) is 2.94. The van der Waals surface area contributed by atoms with Crippen molar-refractivity contribution in [1.82, 2.24) is 10.2 Å². The van der Waals surface area contributed by atoms with Crippen molar-refractivity contribution in [3.8, 4) is 0 Å². The number of halogens is 1. The van der Waals surface area contributed by atoms with E-state index in [1.165, 1.54) is 44.5 Å². The molecule has 3 heteroatoms. The highest BCUT2D eigenvalue weighted by molar-refractivity contribution is 9.10. The third-order valence-corrected chi connectivity index (χ3v) is 4.14. The lowest BCUT2D eigenvalue weighted by Gasteiger charge is -2.17. The second-order valence-electron chi connectivity index (χ2n) is 5.13. The predicted molar refractivity (Wildman–Crippen MR) is 80.9 cm³/mol. The van der Waals surface area contributed by atoms with Gasteiger partial charge in [-0.05, 0) is 70.1 Å². The molecule has 0 radical (unpaired) electrons. The molecule has 0 amide bonds. The van der Waals surface area contributed by atoms with E-state index in [1.807, 2.05) is 0 Å². The summed E-state index contributed by atoms with van der Waals surface area (Å²) in [4.78, 5) is 2.57. The van der Waals surface area contributed by atoms with Crippen molar-refractivity contribution in [2.75, 3.05) is 26.2 Å². The number of hydrogen-bond acceptors (Lipinski definition) is 2.